The van der Waals surface area contributed by atoms with Crippen LogP contribution >= 0.6 is 22.9 Å². The normalized spacial score (nSPS) is 14.9. The number of fused-ring (bicyclic) bond motifs is 1. The molecule has 29 heavy (non-hydrogen) atoms. The highest BCUT2D eigenvalue weighted by Crippen LogP contribution is 2.34. The summed E-state index contributed by atoms with van der Waals surface area (Å²) in [4.78, 5) is 31.0. The zero-order chi connectivity index (χ0) is 20.4. The van der Waals surface area contributed by atoms with Crippen molar-refractivity contribution in [2.75, 3.05) is 19.6 Å². The Morgan fingerprint density at radius 2 is 2.00 bits per heavy atom. The Kier molecular flexibility index (Phi) is 5.78. The maximum Gasteiger partial charge on any atom is 0.251 e. The number of carbonyl (C=O) groups is 2. The van der Waals surface area contributed by atoms with E-state index in [1.165, 1.54) is 18.2 Å². The molecule has 150 valence electrons. The molecule has 5 nitrogen and oxygen atoms in total. The number of hydrogen-bond acceptors (Lipinski definition) is 4. The Morgan fingerprint density at radius 3 is 2.76 bits per heavy atom. The summed E-state index contributed by atoms with van der Waals surface area (Å²) < 4.78 is 14.3. The maximum absolute atomic E-state index is 13.2. The van der Waals surface area contributed by atoms with Gasteiger partial charge in [-0.2, -0.15) is 0 Å². The highest BCUT2D eigenvalue weighted by atomic mass is 35.5. The summed E-state index contributed by atoms with van der Waals surface area (Å²) in [5, 5.41) is 4.32. The number of rotatable bonds is 4. The van der Waals surface area contributed by atoms with Crippen LogP contribution in [0.5, 0.6) is 0 Å². The van der Waals surface area contributed by atoms with E-state index in [1.54, 1.807) is 16.2 Å². The first-order chi connectivity index (χ1) is 14.0. The monoisotopic (exact) mass is 431 g/mol. The van der Waals surface area contributed by atoms with Gasteiger partial charge in [0.1, 0.15) is 5.82 Å². The van der Waals surface area contributed by atoms with Crippen molar-refractivity contribution in [3.8, 4) is 0 Å². The van der Waals surface area contributed by atoms with Crippen molar-refractivity contribution in [1.29, 1.82) is 0 Å². The van der Waals surface area contributed by atoms with Gasteiger partial charge in [0.2, 0.25) is 5.91 Å². The molecule has 0 atom stereocenters. The summed E-state index contributed by atoms with van der Waals surface area (Å²) in [6, 6.07) is 11.1. The average molecular weight is 432 g/mol. The van der Waals surface area contributed by atoms with Gasteiger partial charge in [-0.1, -0.05) is 17.7 Å². The van der Waals surface area contributed by atoms with Crippen molar-refractivity contribution in [3.63, 3.8) is 0 Å². The van der Waals surface area contributed by atoms with E-state index in [-0.39, 0.29) is 18.0 Å². The van der Waals surface area contributed by atoms with E-state index in [0.717, 1.165) is 34.1 Å². The smallest absolute Gasteiger partial charge is 0.251 e. The molecule has 3 aromatic rings. The third kappa shape index (κ3) is 4.57. The number of benzene rings is 2. The minimum atomic E-state index is -0.483. The minimum absolute atomic E-state index is 0.0976. The Hall–Kier alpha value is -2.51. The van der Waals surface area contributed by atoms with E-state index >= 15 is 0 Å². The van der Waals surface area contributed by atoms with Crippen molar-refractivity contribution < 1.29 is 14.0 Å². The highest BCUT2D eigenvalue weighted by Gasteiger charge is 2.26. The lowest BCUT2D eigenvalue weighted by Crippen LogP contribution is -2.43. The number of likely N-dealkylation sites (tertiary alicyclic amines) is 1. The Morgan fingerprint density at radius 1 is 1.21 bits per heavy atom. The predicted molar refractivity (Wildman–Crippen MR) is 112 cm³/mol. The molecule has 0 bridgehead atoms. The second-order valence-corrected chi connectivity index (χ2v) is 8.51. The fourth-order valence-electron chi connectivity index (χ4n) is 3.47. The van der Waals surface area contributed by atoms with Gasteiger partial charge in [0.25, 0.3) is 5.91 Å². The minimum Gasteiger partial charge on any atom is -0.343 e. The lowest BCUT2D eigenvalue weighted by Gasteiger charge is -2.31. The number of halogens is 2. The lowest BCUT2D eigenvalue weighted by molar-refractivity contribution is -0.131. The number of amides is 2. The van der Waals surface area contributed by atoms with Crippen LogP contribution in [0.1, 0.15) is 34.1 Å². The summed E-state index contributed by atoms with van der Waals surface area (Å²) >= 11 is 7.71. The first-order valence-electron chi connectivity index (χ1n) is 9.37. The quantitative estimate of drug-likeness (QED) is 0.672. The lowest BCUT2D eigenvalue weighted by atomic mass is 9.97. The fraction of sp³-hybridized carbons (Fsp3) is 0.286. The van der Waals surface area contributed by atoms with Crippen LogP contribution in [0.4, 0.5) is 4.39 Å². The number of thiazole rings is 1. The molecule has 0 saturated carbocycles. The fourth-order valence-corrected chi connectivity index (χ4v) is 4.75. The molecular formula is C21H19ClFN3O2S. The molecule has 1 saturated heterocycles. The third-order valence-electron chi connectivity index (χ3n) is 5.05. The molecule has 1 aromatic heterocycles. The molecule has 4 rings (SSSR count). The van der Waals surface area contributed by atoms with Gasteiger partial charge in [0, 0.05) is 29.6 Å². The summed E-state index contributed by atoms with van der Waals surface area (Å²) in [6.07, 6.45) is 1.66. The number of piperidine rings is 1. The van der Waals surface area contributed by atoms with E-state index in [1.807, 2.05) is 18.2 Å². The van der Waals surface area contributed by atoms with Gasteiger partial charge in [-0.15, -0.1) is 11.3 Å². The second-order valence-electron chi connectivity index (χ2n) is 7.01. The van der Waals surface area contributed by atoms with Gasteiger partial charge in [-0.05, 0) is 49.2 Å². The molecular weight excluding hydrogens is 413 g/mol. The molecule has 1 fully saturated rings. The van der Waals surface area contributed by atoms with Gasteiger partial charge in [-0.3, -0.25) is 9.59 Å². The Labute approximate surface area is 176 Å². The molecule has 2 aromatic carbocycles. The zero-order valence-electron chi connectivity index (χ0n) is 15.5. The van der Waals surface area contributed by atoms with E-state index in [4.69, 9.17) is 16.6 Å². The van der Waals surface area contributed by atoms with Crippen LogP contribution in [0.2, 0.25) is 5.02 Å². The molecule has 2 amide bonds. The van der Waals surface area contributed by atoms with Crippen molar-refractivity contribution in [2.45, 2.75) is 18.8 Å². The second kappa shape index (κ2) is 8.47. The van der Waals surface area contributed by atoms with Crippen LogP contribution in [0.3, 0.4) is 0 Å². The molecule has 1 aliphatic heterocycles. The molecule has 0 aliphatic carbocycles. The molecule has 1 N–H and O–H groups in total. The molecule has 2 heterocycles. The summed E-state index contributed by atoms with van der Waals surface area (Å²) in [5.41, 5.74) is 1.11. The average Bonchev–Trinajstić information content (AvgIpc) is 3.15. The number of hydrogen-bond donors (Lipinski definition) is 1. The predicted octanol–water partition coefficient (Wildman–Crippen LogP) is 4.22. The standard InChI is InChI=1S/C21H19ClFN3O2S/c22-15-4-5-18-17(11-15)25-21(29-18)13-6-8-26(9-7-13)19(27)12-24-20(28)14-2-1-3-16(23)10-14/h1-5,10-11,13H,6-9,12H2,(H,24,28). The van der Waals surface area contributed by atoms with Crippen LogP contribution in [0.25, 0.3) is 10.2 Å². The van der Waals surface area contributed by atoms with Gasteiger partial charge >= 0.3 is 0 Å². The SMILES string of the molecule is O=C(NCC(=O)N1CCC(c2nc3cc(Cl)ccc3s2)CC1)c1cccc(F)c1. The summed E-state index contributed by atoms with van der Waals surface area (Å²) in [6.45, 7) is 1.14. The van der Waals surface area contributed by atoms with Crippen molar-refractivity contribution in [1.82, 2.24) is 15.2 Å². The van der Waals surface area contributed by atoms with E-state index in [9.17, 15) is 14.0 Å². The van der Waals surface area contributed by atoms with Gasteiger partial charge in [0.15, 0.2) is 0 Å². The van der Waals surface area contributed by atoms with E-state index in [0.29, 0.717) is 24.0 Å². The van der Waals surface area contributed by atoms with Gasteiger partial charge in [0.05, 0.1) is 21.8 Å². The van der Waals surface area contributed by atoms with Crippen molar-refractivity contribution >= 4 is 45.0 Å². The maximum atomic E-state index is 13.2. The molecule has 0 radical (unpaired) electrons. The first kappa shape index (κ1) is 19.8. The Balaban J connectivity index is 1.30. The van der Waals surface area contributed by atoms with E-state index in [2.05, 4.69) is 5.32 Å². The molecule has 0 unspecified atom stereocenters. The number of nitrogens with one attached hydrogen (secondary N) is 1. The third-order valence-corrected chi connectivity index (χ3v) is 6.48. The number of carbonyl (C=O) groups excluding carboxylic acids is 2. The highest BCUT2D eigenvalue weighted by molar-refractivity contribution is 7.18. The Bertz CT molecular complexity index is 1060. The summed E-state index contributed by atoms with van der Waals surface area (Å²) in [7, 11) is 0. The van der Waals surface area contributed by atoms with Crippen LogP contribution in [-0.2, 0) is 4.79 Å². The van der Waals surface area contributed by atoms with Crippen molar-refractivity contribution in [2.24, 2.45) is 0 Å². The number of nitrogens with zero attached hydrogens (tertiary/aromatic N) is 2. The zero-order valence-corrected chi connectivity index (χ0v) is 17.1. The van der Waals surface area contributed by atoms with Crippen LogP contribution in [0.15, 0.2) is 42.5 Å². The number of aromatic nitrogens is 1. The van der Waals surface area contributed by atoms with Crippen LogP contribution in [-0.4, -0.2) is 41.3 Å². The molecule has 8 heteroatoms. The van der Waals surface area contributed by atoms with Gasteiger partial charge in [-0.25, -0.2) is 9.37 Å². The largest absolute Gasteiger partial charge is 0.343 e. The van der Waals surface area contributed by atoms with Crippen molar-refractivity contribution in [3.05, 3.63) is 63.9 Å². The topological polar surface area (TPSA) is 62.3 Å². The van der Waals surface area contributed by atoms with E-state index < -0.39 is 11.7 Å². The van der Waals surface area contributed by atoms with Gasteiger partial charge < -0.3 is 10.2 Å². The van der Waals surface area contributed by atoms with Crippen LogP contribution < -0.4 is 5.32 Å². The molecule has 0 spiro atoms. The molecule has 1 aliphatic rings. The van der Waals surface area contributed by atoms with Crippen LogP contribution in [0, 0.1) is 5.82 Å². The summed E-state index contributed by atoms with van der Waals surface area (Å²) in [5.74, 6) is -0.759. The first-order valence-corrected chi connectivity index (χ1v) is 10.6.